The van der Waals surface area contributed by atoms with Gasteiger partial charge in [-0.3, -0.25) is 0 Å². The Bertz CT molecular complexity index is 1550. The Balaban J connectivity index is 1.42. The zero-order valence-electron chi connectivity index (χ0n) is 20.2. The van der Waals surface area contributed by atoms with Crippen LogP contribution in [0.5, 0.6) is 0 Å². The van der Waals surface area contributed by atoms with Crippen molar-refractivity contribution >= 4 is 21.7 Å². The Kier molecular flexibility index (Phi) is 8.02. The first-order valence-corrected chi connectivity index (χ1v) is 13.1. The maximum atomic E-state index is 13.5. The maximum Gasteiger partial charge on any atom is 0.416 e. The van der Waals surface area contributed by atoms with E-state index in [4.69, 9.17) is 5.14 Å². The first kappa shape index (κ1) is 27.8. The van der Waals surface area contributed by atoms with E-state index in [9.17, 15) is 30.8 Å². The molecule has 4 aromatic rings. The number of aryl methyl sites for hydroxylation is 1. The molecular weight excluding hydrogens is 538 g/mol. The number of rotatable bonds is 8. The molecule has 39 heavy (non-hydrogen) atoms. The number of nitrogens with two attached hydrogens (primary N) is 1. The van der Waals surface area contributed by atoms with Crippen LogP contribution in [0.2, 0.25) is 0 Å². The van der Waals surface area contributed by atoms with Crippen LogP contribution in [0.4, 0.5) is 28.0 Å². The first-order chi connectivity index (χ1) is 18.4. The number of nitrogens with zero attached hydrogens (tertiary/aromatic N) is 2. The molecule has 2 amide bonds. The van der Waals surface area contributed by atoms with Crippen molar-refractivity contribution in [2.24, 2.45) is 5.14 Å². The number of aromatic nitrogens is 2. The second-order valence-electron chi connectivity index (χ2n) is 8.54. The van der Waals surface area contributed by atoms with Crippen molar-refractivity contribution in [2.45, 2.75) is 23.9 Å². The number of hydrogen-bond acceptors (Lipinski definition) is 4. The Hall–Kier alpha value is -4.23. The van der Waals surface area contributed by atoms with Crippen LogP contribution in [0.15, 0.2) is 83.8 Å². The summed E-state index contributed by atoms with van der Waals surface area (Å²) in [6, 6.07) is 17.0. The van der Waals surface area contributed by atoms with Gasteiger partial charge in [-0.1, -0.05) is 0 Å². The summed E-state index contributed by atoms with van der Waals surface area (Å²) in [7, 11) is -3.87. The molecule has 4 N–H and O–H groups in total. The zero-order chi connectivity index (χ0) is 28.2. The second-order valence-corrected chi connectivity index (χ2v) is 10.1. The minimum atomic E-state index is -4.46. The minimum absolute atomic E-state index is 0.0531. The summed E-state index contributed by atoms with van der Waals surface area (Å²) < 4.78 is 76.3. The summed E-state index contributed by atoms with van der Waals surface area (Å²) >= 11 is 0. The van der Waals surface area contributed by atoms with Crippen molar-refractivity contribution < 1.29 is 30.8 Å². The van der Waals surface area contributed by atoms with E-state index < -0.39 is 33.6 Å². The van der Waals surface area contributed by atoms with Crippen LogP contribution in [0.25, 0.3) is 16.9 Å². The van der Waals surface area contributed by atoms with Crippen LogP contribution >= 0.6 is 0 Å². The average Bonchev–Trinajstić information content (AvgIpc) is 3.30. The summed E-state index contributed by atoms with van der Waals surface area (Å²) in [6.07, 6.45) is -3.51. The predicted octanol–water partition coefficient (Wildman–Crippen LogP) is 5.10. The van der Waals surface area contributed by atoms with E-state index in [1.54, 1.807) is 28.9 Å². The number of urea groups is 1. The normalized spacial score (nSPS) is 11.8. The van der Waals surface area contributed by atoms with Gasteiger partial charge in [0.25, 0.3) is 0 Å². The molecule has 0 atom stereocenters. The fourth-order valence-electron chi connectivity index (χ4n) is 3.74. The van der Waals surface area contributed by atoms with Gasteiger partial charge in [0.1, 0.15) is 5.82 Å². The molecule has 204 valence electrons. The van der Waals surface area contributed by atoms with E-state index in [1.165, 1.54) is 36.4 Å². The van der Waals surface area contributed by atoms with Gasteiger partial charge >= 0.3 is 12.2 Å². The summed E-state index contributed by atoms with van der Waals surface area (Å²) in [5, 5.41) is 14.9. The number of primary sulfonamides is 1. The number of hydrogen-bond donors (Lipinski definition) is 3. The largest absolute Gasteiger partial charge is 0.416 e. The fraction of sp³-hybridized carbons (Fsp3) is 0.154. The molecule has 1 heterocycles. The smallest absolute Gasteiger partial charge is 0.338 e. The zero-order valence-corrected chi connectivity index (χ0v) is 21.1. The number of anilines is 1. The molecule has 4 rings (SSSR count). The summed E-state index contributed by atoms with van der Waals surface area (Å²) in [5.41, 5.74) is 1.95. The number of alkyl halides is 3. The van der Waals surface area contributed by atoms with Gasteiger partial charge < -0.3 is 10.6 Å². The standard InChI is InChI=1S/C26H23F4N5O3S/c27-19-7-3-17(4-8-19)24-16-21(34-35(24)22-11-13-23(14-12-22)39(31,37)38)2-1-15-32-25(36)33-20-9-5-18(6-10-20)26(28,29)30/h3-14,16H,1-2,15H2,(H2,31,37,38)(H2,32,33,36). The van der Waals surface area contributed by atoms with Crippen molar-refractivity contribution in [3.8, 4) is 16.9 Å². The van der Waals surface area contributed by atoms with E-state index in [0.29, 0.717) is 35.5 Å². The highest BCUT2D eigenvalue weighted by atomic mass is 32.2. The van der Waals surface area contributed by atoms with Gasteiger partial charge in [-0.25, -0.2) is 27.4 Å². The lowest BCUT2D eigenvalue weighted by molar-refractivity contribution is -0.137. The van der Waals surface area contributed by atoms with Gasteiger partial charge in [0, 0.05) is 17.8 Å². The average molecular weight is 562 g/mol. The maximum absolute atomic E-state index is 13.5. The molecule has 0 fully saturated rings. The van der Waals surface area contributed by atoms with Gasteiger partial charge in [0.05, 0.1) is 27.5 Å². The van der Waals surface area contributed by atoms with Gasteiger partial charge in [0.2, 0.25) is 10.0 Å². The van der Waals surface area contributed by atoms with E-state index in [-0.39, 0.29) is 17.1 Å². The summed E-state index contributed by atoms with van der Waals surface area (Å²) in [4.78, 5) is 12.1. The van der Waals surface area contributed by atoms with Crippen molar-refractivity contribution in [1.29, 1.82) is 0 Å². The van der Waals surface area contributed by atoms with Crippen molar-refractivity contribution in [1.82, 2.24) is 15.1 Å². The minimum Gasteiger partial charge on any atom is -0.338 e. The number of benzene rings is 3. The molecular formula is C26H23F4N5O3S. The molecule has 0 aliphatic heterocycles. The lowest BCUT2D eigenvalue weighted by Gasteiger charge is -2.09. The van der Waals surface area contributed by atoms with Crippen molar-refractivity contribution in [3.05, 3.63) is 95.9 Å². The molecule has 0 radical (unpaired) electrons. The van der Waals surface area contributed by atoms with Crippen LogP contribution in [0, 0.1) is 5.82 Å². The fourth-order valence-corrected chi connectivity index (χ4v) is 4.26. The molecule has 0 saturated carbocycles. The molecule has 0 aliphatic rings. The van der Waals surface area contributed by atoms with E-state index in [1.807, 2.05) is 6.07 Å². The lowest BCUT2D eigenvalue weighted by Crippen LogP contribution is -2.29. The SMILES string of the molecule is NS(=O)(=O)c1ccc(-n2nc(CCCNC(=O)Nc3ccc(C(F)(F)F)cc3)cc2-c2ccc(F)cc2)cc1. The first-order valence-electron chi connectivity index (χ1n) is 11.6. The van der Waals surface area contributed by atoms with Gasteiger partial charge in [-0.05, 0) is 91.7 Å². The lowest BCUT2D eigenvalue weighted by atomic mass is 10.1. The molecule has 0 spiro atoms. The van der Waals surface area contributed by atoms with Gasteiger partial charge in [-0.15, -0.1) is 0 Å². The van der Waals surface area contributed by atoms with Crippen molar-refractivity contribution in [3.63, 3.8) is 0 Å². The third kappa shape index (κ3) is 7.21. The monoisotopic (exact) mass is 561 g/mol. The topological polar surface area (TPSA) is 119 Å². The highest BCUT2D eigenvalue weighted by Gasteiger charge is 2.30. The summed E-state index contributed by atoms with van der Waals surface area (Å²) in [5.74, 6) is -0.400. The van der Waals surface area contributed by atoms with Crippen LogP contribution < -0.4 is 15.8 Å². The number of halogens is 4. The number of carbonyl (C=O) groups is 1. The van der Waals surface area contributed by atoms with Crippen LogP contribution in [0.1, 0.15) is 17.7 Å². The Morgan fingerprint density at radius 3 is 2.18 bits per heavy atom. The quantitative estimate of drug-likeness (QED) is 0.205. The second kappa shape index (κ2) is 11.3. The molecule has 0 unspecified atom stereocenters. The Morgan fingerprint density at radius 1 is 0.949 bits per heavy atom. The van der Waals surface area contributed by atoms with Gasteiger partial charge in [0.15, 0.2) is 0 Å². The molecule has 8 nitrogen and oxygen atoms in total. The van der Waals surface area contributed by atoms with E-state index in [0.717, 1.165) is 12.1 Å². The van der Waals surface area contributed by atoms with Crippen LogP contribution in [-0.4, -0.2) is 30.8 Å². The summed E-state index contributed by atoms with van der Waals surface area (Å²) in [6.45, 7) is 0.258. The van der Waals surface area contributed by atoms with E-state index in [2.05, 4.69) is 15.7 Å². The highest BCUT2D eigenvalue weighted by Crippen LogP contribution is 2.30. The third-order valence-corrected chi connectivity index (χ3v) is 6.60. The van der Waals surface area contributed by atoms with Crippen LogP contribution in [-0.2, 0) is 22.6 Å². The Morgan fingerprint density at radius 2 is 1.59 bits per heavy atom. The van der Waals surface area contributed by atoms with Crippen LogP contribution in [0.3, 0.4) is 0 Å². The highest BCUT2D eigenvalue weighted by molar-refractivity contribution is 7.89. The number of nitrogens with one attached hydrogen (secondary N) is 2. The van der Waals surface area contributed by atoms with Crippen molar-refractivity contribution in [2.75, 3.05) is 11.9 Å². The van der Waals surface area contributed by atoms with Gasteiger partial charge in [-0.2, -0.15) is 18.3 Å². The molecule has 3 aromatic carbocycles. The molecule has 1 aromatic heterocycles. The molecule has 0 saturated heterocycles. The predicted molar refractivity (Wildman–Crippen MR) is 137 cm³/mol. The third-order valence-electron chi connectivity index (χ3n) is 5.68. The number of amides is 2. The molecule has 13 heteroatoms. The number of carbonyl (C=O) groups excluding carboxylic acids is 1. The number of sulfonamides is 1. The van der Waals surface area contributed by atoms with E-state index >= 15 is 0 Å². The Labute approximate surface area is 221 Å². The molecule has 0 bridgehead atoms. The molecule has 0 aliphatic carbocycles.